The fourth-order valence-electron chi connectivity index (χ4n) is 4.00. The standard InChI is InChI=1S/2C9H21P.ClH.Ni/c2*1-7(2)10(8(3)4)9(5)6;;/h2*7-9H,1-6H3;1H;/q;;;+1/p+1. The van der Waals surface area contributed by atoms with Crippen LogP contribution in [0.5, 0.6) is 0 Å². The van der Waals surface area contributed by atoms with Crippen LogP contribution in [0, 0.1) is 0 Å². The van der Waals surface area contributed by atoms with Crippen LogP contribution < -0.4 is 0 Å². The molecule has 0 aliphatic rings. The zero-order valence-corrected chi connectivity index (χ0v) is 20.9. The summed E-state index contributed by atoms with van der Waals surface area (Å²) >= 11 is 3.35. The van der Waals surface area contributed by atoms with Crippen LogP contribution in [0.4, 0.5) is 0 Å². The van der Waals surface area contributed by atoms with E-state index in [9.17, 15) is 0 Å². The molecule has 0 spiro atoms. The molecule has 0 aromatic heterocycles. The van der Waals surface area contributed by atoms with Gasteiger partial charge in [-0.15, -0.1) is 0 Å². The maximum atomic E-state index is 4.26. The van der Waals surface area contributed by atoms with Gasteiger partial charge in [0.15, 0.2) is 0 Å². The summed E-state index contributed by atoms with van der Waals surface area (Å²) in [6.07, 6.45) is 0. The first-order chi connectivity index (χ1) is 9.93. The molecule has 0 saturated carbocycles. The SMILES string of the molecule is CC(C)[PH+](C(C)C)C(C)C.CC(C)[PH+](C(C)C)C(C)C.[Cl][Ni]. The molecule has 0 saturated heterocycles. The first-order valence-corrected chi connectivity index (χ1v) is 13.6. The van der Waals surface area contributed by atoms with Gasteiger partial charge in [0.25, 0.3) is 0 Å². The van der Waals surface area contributed by atoms with Gasteiger partial charge in [0.2, 0.25) is 0 Å². The van der Waals surface area contributed by atoms with E-state index in [-0.39, 0.29) is 15.8 Å². The molecule has 0 bridgehead atoms. The molecule has 141 valence electrons. The van der Waals surface area contributed by atoms with E-state index < -0.39 is 0 Å². The van der Waals surface area contributed by atoms with Crippen molar-refractivity contribution in [2.45, 2.75) is 117 Å². The van der Waals surface area contributed by atoms with Gasteiger partial charge in [-0.1, -0.05) is 0 Å². The normalized spacial score (nSPS) is 11.8. The monoisotopic (exact) mass is 415 g/mol. The predicted molar refractivity (Wildman–Crippen MR) is 113 cm³/mol. The summed E-state index contributed by atoms with van der Waals surface area (Å²) in [4.78, 5) is 0. The average Bonchev–Trinajstić information content (AvgIpc) is 2.28. The molecule has 0 unspecified atom stereocenters. The van der Waals surface area contributed by atoms with E-state index in [0.29, 0.717) is 0 Å². The van der Waals surface area contributed by atoms with Crippen LogP contribution in [0.15, 0.2) is 0 Å². The topological polar surface area (TPSA) is 0 Å². The molecule has 0 aliphatic carbocycles. The summed E-state index contributed by atoms with van der Waals surface area (Å²) in [5, 5.41) is 0. The van der Waals surface area contributed by atoms with Crippen molar-refractivity contribution < 1.29 is 14.6 Å². The maximum absolute atomic E-state index is 4.26. The quantitative estimate of drug-likeness (QED) is 0.310. The predicted octanol–water partition coefficient (Wildman–Crippen LogP) is 7.54. The average molecular weight is 417 g/mol. The molecule has 0 atom stereocenters. The molecule has 0 heterocycles. The molecule has 0 radical (unpaired) electrons. The molecule has 0 fully saturated rings. The van der Waals surface area contributed by atoms with Crippen molar-refractivity contribution in [2.75, 3.05) is 0 Å². The van der Waals surface area contributed by atoms with Gasteiger partial charge in [-0.25, -0.2) is 0 Å². The fourth-order valence-corrected chi connectivity index (χ4v) is 12.0. The van der Waals surface area contributed by atoms with E-state index in [1.165, 1.54) is 0 Å². The Kier molecular flexibility index (Phi) is 20.9. The summed E-state index contributed by atoms with van der Waals surface area (Å²) in [5.41, 5.74) is 5.61. The summed E-state index contributed by atoms with van der Waals surface area (Å²) < 4.78 is 0. The molecular weight excluding hydrogens is 372 g/mol. The van der Waals surface area contributed by atoms with Crippen LogP contribution >= 0.6 is 26.0 Å². The molecule has 22 heavy (non-hydrogen) atoms. The van der Waals surface area contributed by atoms with Gasteiger partial charge < -0.3 is 0 Å². The number of halogens is 1. The van der Waals surface area contributed by atoms with Crippen LogP contribution in [0.3, 0.4) is 0 Å². The Bertz CT molecular complexity index is 167. The zero-order chi connectivity index (χ0) is 18.6. The number of hydrogen-bond acceptors (Lipinski definition) is 0. The Morgan fingerprint density at radius 1 is 0.409 bits per heavy atom. The van der Waals surface area contributed by atoms with Crippen molar-refractivity contribution in [3.05, 3.63) is 0 Å². The first kappa shape index (κ1) is 28.4. The van der Waals surface area contributed by atoms with Crippen molar-refractivity contribution in [1.82, 2.24) is 0 Å². The molecule has 0 N–H and O–H groups in total. The molecule has 0 nitrogen and oxygen atoms in total. The molecule has 0 aromatic rings. The number of hydrogen-bond donors (Lipinski definition) is 0. The van der Waals surface area contributed by atoms with Gasteiger partial charge >= 0.3 is 24.8 Å². The molecular formula is C18H44ClNiP2+2. The van der Waals surface area contributed by atoms with Gasteiger partial charge in [0, 0.05) is 15.8 Å². The van der Waals surface area contributed by atoms with Crippen molar-refractivity contribution in [2.24, 2.45) is 0 Å². The second kappa shape index (κ2) is 16.1. The molecule has 0 aromatic carbocycles. The second-order valence-corrected chi connectivity index (χ2v) is 16.9. The summed E-state index contributed by atoms with van der Waals surface area (Å²) in [6, 6.07) is 0. The molecule has 0 amide bonds. The van der Waals surface area contributed by atoms with Crippen LogP contribution in [0.1, 0.15) is 83.1 Å². The van der Waals surface area contributed by atoms with Gasteiger partial charge in [-0.2, -0.15) is 0 Å². The Balaban J connectivity index is -0.000000294. The third kappa shape index (κ3) is 14.0. The van der Waals surface area contributed by atoms with E-state index >= 15 is 0 Å². The Labute approximate surface area is 157 Å². The van der Waals surface area contributed by atoms with E-state index in [1.807, 2.05) is 0 Å². The molecule has 0 aliphatic heterocycles. The van der Waals surface area contributed by atoms with Crippen LogP contribution in [0.25, 0.3) is 0 Å². The second-order valence-electron chi connectivity index (χ2n) is 7.93. The van der Waals surface area contributed by atoms with E-state index in [2.05, 4.69) is 108 Å². The Hall–Kier alpha value is 1.64. The minimum absolute atomic E-state index is 0.0957. The van der Waals surface area contributed by atoms with E-state index in [0.717, 1.165) is 34.0 Å². The molecule has 4 heteroatoms. The van der Waals surface area contributed by atoms with Crippen molar-refractivity contribution in [1.29, 1.82) is 0 Å². The van der Waals surface area contributed by atoms with Crippen LogP contribution in [-0.2, 0) is 14.6 Å². The minimum atomic E-state index is -0.0957. The van der Waals surface area contributed by atoms with Crippen molar-refractivity contribution >= 4 is 26.0 Å². The van der Waals surface area contributed by atoms with Crippen LogP contribution in [-0.4, -0.2) is 34.0 Å². The van der Waals surface area contributed by atoms with Gasteiger partial charge in [0.1, 0.15) is 0 Å². The van der Waals surface area contributed by atoms with Gasteiger partial charge in [-0.05, 0) is 83.1 Å². The summed E-state index contributed by atoms with van der Waals surface area (Å²) in [5.74, 6) is 0. The third-order valence-corrected chi connectivity index (χ3v) is 12.0. The first-order valence-electron chi connectivity index (χ1n) is 8.78. The van der Waals surface area contributed by atoms with E-state index in [1.54, 1.807) is 0 Å². The van der Waals surface area contributed by atoms with E-state index in [4.69, 9.17) is 0 Å². The van der Waals surface area contributed by atoms with Crippen molar-refractivity contribution in [3.8, 4) is 0 Å². The summed E-state index contributed by atoms with van der Waals surface area (Å²) in [6.45, 7) is 28.4. The zero-order valence-electron chi connectivity index (χ0n) is 17.2. The Morgan fingerprint density at radius 3 is 0.500 bits per heavy atom. The third-order valence-electron chi connectivity index (χ3n) is 4.00. The van der Waals surface area contributed by atoms with Gasteiger partial charge in [-0.3, -0.25) is 0 Å². The van der Waals surface area contributed by atoms with Crippen LogP contribution in [0.2, 0.25) is 0 Å². The molecule has 0 rings (SSSR count). The number of rotatable bonds is 6. The fraction of sp³-hybridized carbons (Fsp3) is 1.00. The van der Waals surface area contributed by atoms with Crippen molar-refractivity contribution in [3.63, 3.8) is 0 Å². The van der Waals surface area contributed by atoms with Gasteiger partial charge in [0.05, 0.1) is 34.0 Å². The Morgan fingerprint density at radius 2 is 0.500 bits per heavy atom. The summed E-state index contributed by atoms with van der Waals surface area (Å²) in [7, 11) is 4.07.